The number of fused-ring (bicyclic) bond motifs is 1. The molecule has 0 N–H and O–H groups in total. The second kappa shape index (κ2) is 8.29. The van der Waals surface area contributed by atoms with Gasteiger partial charge in [0.15, 0.2) is 0 Å². The van der Waals surface area contributed by atoms with Crippen molar-refractivity contribution >= 4 is 34.9 Å². The van der Waals surface area contributed by atoms with Crippen molar-refractivity contribution in [2.45, 2.75) is 25.8 Å². The largest absolute Gasteiger partial charge is 0.340 e. The molecule has 0 spiro atoms. The maximum atomic E-state index is 13.7. The van der Waals surface area contributed by atoms with Crippen LogP contribution in [0.5, 0.6) is 0 Å². The Morgan fingerprint density at radius 2 is 1.89 bits per heavy atom. The molecule has 0 saturated carbocycles. The zero-order valence-corrected chi connectivity index (χ0v) is 18.0. The Morgan fingerprint density at radius 1 is 1.14 bits per heavy atom. The first kappa shape index (κ1) is 19.5. The lowest BCUT2D eigenvalue weighted by Crippen LogP contribution is -2.50. The maximum absolute atomic E-state index is 13.7. The molecule has 1 aromatic heterocycles. The van der Waals surface area contributed by atoms with Crippen LogP contribution in [0.3, 0.4) is 0 Å². The monoisotopic (exact) mass is 414 g/mol. The Kier molecular flexibility index (Phi) is 5.78. The summed E-state index contributed by atoms with van der Waals surface area (Å²) in [5, 5.41) is 2.03. The van der Waals surface area contributed by atoms with E-state index in [1.807, 2.05) is 57.3 Å². The molecule has 148 valence electrons. The van der Waals surface area contributed by atoms with Crippen LogP contribution in [0.2, 0.25) is 0 Å². The van der Waals surface area contributed by atoms with Crippen molar-refractivity contribution < 1.29 is 9.59 Å². The molecule has 28 heavy (non-hydrogen) atoms. The topological polar surface area (TPSA) is 40.6 Å². The standard InChI is InChI=1S/C22H26N2O2S2/c1-15(2)14-24-20(18-8-5-11-28-18)19(22(26)23-9-12-27-13-10-23)16-6-3-4-7-17(16)21(24)25/h3-8,11,15,19-20H,9-10,12-14H2,1-2H3/t19-,20+/m1/s1. The van der Waals surface area contributed by atoms with Crippen molar-refractivity contribution in [3.8, 4) is 0 Å². The quantitative estimate of drug-likeness (QED) is 0.751. The van der Waals surface area contributed by atoms with Gasteiger partial charge in [0, 0.05) is 41.6 Å². The summed E-state index contributed by atoms with van der Waals surface area (Å²) < 4.78 is 0. The molecule has 2 aromatic rings. The Labute approximate surface area is 174 Å². The normalized spacial score (nSPS) is 22.5. The predicted octanol–water partition coefficient (Wildman–Crippen LogP) is 4.26. The highest BCUT2D eigenvalue weighted by Gasteiger charge is 2.45. The molecule has 4 rings (SSSR count). The maximum Gasteiger partial charge on any atom is 0.254 e. The molecule has 0 aliphatic carbocycles. The lowest BCUT2D eigenvalue weighted by Gasteiger charge is -2.43. The molecule has 2 atom stereocenters. The Hall–Kier alpha value is -1.79. The Bertz CT molecular complexity index is 844. The number of nitrogens with zero attached hydrogens (tertiary/aromatic N) is 2. The fourth-order valence-electron chi connectivity index (χ4n) is 4.21. The van der Waals surface area contributed by atoms with E-state index in [-0.39, 0.29) is 23.8 Å². The van der Waals surface area contributed by atoms with Crippen LogP contribution in [0.1, 0.15) is 46.6 Å². The van der Waals surface area contributed by atoms with E-state index in [4.69, 9.17) is 0 Å². The lowest BCUT2D eigenvalue weighted by molar-refractivity contribution is -0.134. The molecule has 2 amide bonds. The number of hydrogen-bond acceptors (Lipinski definition) is 4. The van der Waals surface area contributed by atoms with Crippen LogP contribution in [0.15, 0.2) is 41.8 Å². The highest BCUT2D eigenvalue weighted by Crippen LogP contribution is 2.45. The van der Waals surface area contributed by atoms with Gasteiger partial charge >= 0.3 is 0 Å². The summed E-state index contributed by atoms with van der Waals surface area (Å²) >= 11 is 3.54. The first-order chi connectivity index (χ1) is 13.6. The summed E-state index contributed by atoms with van der Waals surface area (Å²) in [6, 6.07) is 11.5. The van der Waals surface area contributed by atoms with Gasteiger partial charge in [0.05, 0.1) is 12.0 Å². The molecule has 3 heterocycles. The molecule has 0 bridgehead atoms. The van der Waals surface area contributed by atoms with Crippen molar-refractivity contribution in [1.29, 1.82) is 0 Å². The number of thiophene rings is 1. The van der Waals surface area contributed by atoms with E-state index < -0.39 is 0 Å². The number of hydrogen-bond donors (Lipinski definition) is 0. The van der Waals surface area contributed by atoms with E-state index in [1.165, 1.54) is 0 Å². The molecular formula is C22H26N2O2S2. The van der Waals surface area contributed by atoms with Crippen molar-refractivity contribution in [2.24, 2.45) is 5.92 Å². The number of benzene rings is 1. The van der Waals surface area contributed by atoms with Gasteiger partial charge in [-0.05, 0) is 29.0 Å². The predicted molar refractivity (Wildman–Crippen MR) is 116 cm³/mol. The minimum absolute atomic E-state index is 0.0425. The van der Waals surface area contributed by atoms with E-state index in [2.05, 4.69) is 19.9 Å². The molecule has 0 unspecified atom stereocenters. The number of amides is 2. The molecule has 1 aromatic carbocycles. The van der Waals surface area contributed by atoms with Crippen LogP contribution in [0, 0.1) is 5.92 Å². The second-order valence-corrected chi connectivity index (χ2v) is 10.0. The number of carbonyl (C=O) groups excluding carboxylic acids is 2. The first-order valence-electron chi connectivity index (χ1n) is 9.87. The second-order valence-electron chi connectivity index (χ2n) is 7.81. The lowest BCUT2D eigenvalue weighted by atomic mass is 9.80. The fourth-order valence-corrected chi connectivity index (χ4v) is 5.99. The summed E-state index contributed by atoms with van der Waals surface area (Å²) in [6.45, 7) is 6.47. The molecular weight excluding hydrogens is 388 g/mol. The van der Waals surface area contributed by atoms with Crippen LogP contribution in [-0.4, -0.2) is 52.8 Å². The van der Waals surface area contributed by atoms with Crippen molar-refractivity contribution in [2.75, 3.05) is 31.1 Å². The van der Waals surface area contributed by atoms with Gasteiger partial charge in [0.1, 0.15) is 0 Å². The van der Waals surface area contributed by atoms with Crippen LogP contribution < -0.4 is 0 Å². The molecule has 2 aliphatic heterocycles. The SMILES string of the molecule is CC(C)CN1C(=O)c2ccccc2[C@@H](C(=O)N2CCSCC2)[C@@H]1c1cccs1. The minimum atomic E-state index is -0.339. The third-order valence-corrected chi connectivity index (χ3v) is 7.31. The zero-order chi connectivity index (χ0) is 19.7. The van der Waals surface area contributed by atoms with Crippen molar-refractivity contribution in [3.05, 3.63) is 57.8 Å². The summed E-state index contributed by atoms with van der Waals surface area (Å²) in [5.41, 5.74) is 1.56. The van der Waals surface area contributed by atoms with Gasteiger partial charge in [0.25, 0.3) is 5.91 Å². The average Bonchev–Trinajstić information content (AvgIpc) is 3.24. The van der Waals surface area contributed by atoms with Crippen LogP contribution in [-0.2, 0) is 4.79 Å². The van der Waals surface area contributed by atoms with E-state index in [9.17, 15) is 9.59 Å². The van der Waals surface area contributed by atoms with Gasteiger partial charge in [0.2, 0.25) is 5.91 Å². The van der Waals surface area contributed by atoms with E-state index in [0.29, 0.717) is 18.0 Å². The molecule has 1 saturated heterocycles. The summed E-state index contributed by atoms with van der Waals surface area (Å²) in [6.07, 6.45) is 0. The van der Waals surface area contributed by atoms with Gasteiger partial charge in [-0.1, -0.05) is 38.1 Å². The molecule has 1 fully saturated rings. The highest BCUT2D eigenvalue weighted by atomic mass is 32.2. The number of rotatable bonds is 4. The van der Waals surface area contributed by atoms with Crippen LogP contribution in [0.4, 0.5) is 0 Å². The molecule has 6 heteroatoms. The third-order valence-electron chi connectivity index (χ3n) is 5.42. The summed E-state index contributed by atoms with van der Waals surface area (Å²) in [7, 11) is 0. The minimum Gasteiger partial charge on any atom is -0.340 e. The zero-order valence-electron chi connectivity index (χ0n) is 16.3. The highest BCUT2D eigenvalue weighted by molar-refractivity contribution is 7.99. The van der Waals surface area contributed by atoms with E-state index in [0.717, 1.165) is 35.0 Å². The number of carbonyl (C=O) groups is 2. The number of thioether (sulfide) groups is 1. The van der Waals surface area contributed by atoms with Gasteiger partial charge in [-0.2, -0.15) is 11.8 Å². The van der Waals surface area contributed by atoms with Gasteiger partial charge in [-0.3, -0.25) is 9.59 Å². The van der Waals surface area contributed by atoms with Gasteiger partial charge in [-0.15, -0.1) is 11.3 Å². The Morgan fingerprint density at radius 3 is 2.57 bits per heavy atom. The fraction of sp³-hybridized carbons (Fsp3) is 0.455. The Balaban J connectivity index is 1.83. The van der Waals surface area contributed by atoms with E-state index in [1.54, 1.807) is 11.3 Å². The molecule has 4 nitrogen and oxygen atoms in total. The molecule has 2 aliphatic rings. The van der Waals surface area contributed by atoms with Gasteiger partial charge < -0.3 is 9.80 Å². The van der Waals surface area contributed by atoms with Crippen molar-refractivity contribution in [3.63, 3.8) is 0 Å². The smallest absolute Gasteiger partial charge is 0.254 e. The first-order valence-corrected chi connectivity index (χ1v) is 11.9. The molecule has 0 radical (unpaired) electrons. The van der Waals surface area contributed by atoms with Gasteiger partial charge in [-0.25, -0.2) is 0 Å². The van der Waals surface area contributed by atoms with Crippen LogP contribution >= 0.6 is 23.1 Å². The van der Waals surface area contributed by atoms with Crippen LogP contribution in [0.25, 0.3) is 0 Å². The summed E-state index contributed by atoms with van der Waals surface area (Å²) in [5.74, 6) is 2.16. The van der Waals surface area contributed by atoms with Crippen molar-refractivity contribution in [1.82, 2.24) is 9.80 Å². The average molecular weight is 415 g/mol. The van der Waals surface area contributed by atoms with E-state index >= 15 is 0 Å². The summed E-state index contributed by atoms with van der Waals surface area (Å²) in [4.78, 5) is 32.2. The third kappa shape index (κ3) is 3.60.